The lowest BCUT2D eigenvalue weighted by atomic mass is 10.1. The van der Waals surface area contributed by atoms with Crippen LogP contribution in [0.1, 0.15) is 53.7 Å². The molecule has 2 aromatic rings. The second-order valence-corrected chi connectivity index (χ2v) is 9.97. The van der Waals surface area contributed by atoms with Gasteiger partial charge in [0.1, 0.15) is 23.2 Å². The van der Waals surface area contributed by atoms with E-state index in [-0.39, 0.29) is 36.4 Å². The molecule has 0 saturated heterocycles. The van der Waals surface area contributed by atoms with E-state index in [4.69, 9.17) is 5.11 Å². The molecule has 4 rings (SSSR count). The Hall–Kier alpha value is -3.97. The van der Waals surface area contributed by atoms with E-state index in [0.29, 0.717) is 16.8 Å². The average molecular weight is 528 g/mol. The molecule has 200 valence electrons. The monoisotopic (exact) mass is 527 g/mol. The number of carbonyl (C=O) groups excluding carboxylic acids is 1. The van der Waals surface area contributed by atoms with Crippen LogP contribution in [0.15, 0.2) is 59.9 Å². The minimum absolute atomic E-state index is 0.122. The zero-order valence-corrected chi connectivity index (χ0v) is 20.9. The Kier molecular flexibility index (Phi) is 7.42. The number of hydrogen-bond donors (Lipinski definition) is 4. The molecule has 1 heterocycles. The van der Waals surface area contributed by atoms with Gasteiger partial charge < -0.3 is 25.7 Å². The first kappa shape index (κ1) is 27.1. The number of benzene rings is 2. The quantitative estimate of drug-likeness (QED) is 0.408. The lowest BCUT2D eigenvalue weighted by Gasteiger charge is -2.29. The van der Waals surface area contributed by atoms with Crippen molar-refractivity contribution in [3.05, 3.63) is 82.2 Å². The predicted octanol–water partition coefficient (Wildman–Crippen LogP) is 3.85. The molecule has 0 radical (unpaired) electrons. The number of nitrogens with zero attached hydrogens (tertiary/aromatic N) is 1. The highest BCUT2D eigenvalue weighted by Crippen LogP contribution is 2.40. The zero-order valence-electron chi connectivity index (χ0n) is 20.9. The third kappa shape index (κ3) is 6.66. The fraction of sp³-hybridized carbons (Fsp3) is 0.357. The maximum absolute atomic E-state index is 13.5. The Morgan fingerprint density at radius 3 is 2.18 bits per heavy atom. The van der Waals surface area contributed by atoms with Gasteiger partial charge in [0.15, 0.2) is 0 Å². The lowest BCUT2D eigenvalue weighted by molar-refractivity contribution is -0.137. The topological polar surface area (TPSA) is 102 Å². The van der Waals surface area contributed by atoms with E-state index in [2.05, 4.69) is 22.5 Å². The fourth-order valence-corrected chi connectivity index (χ4v) is 4.12. The van der Waals surface area contributed by atoms with E-state index >= 15 is 0 Å². The first-order valence-corrected chi connectivity index (χ1v) is 12.1. The number of aromatic carboxylic acids is 1. The molecule has 0 aromatic heterocycles. The first-order chi connectivity index (χ1) is 17.8. The number of amides is 1. The van der Waals surface area contributed by atoms with Gasteiger partial charge >= 0.3 is 12.1 Å². The van der Waals surface area contributed by atoms with Gasteiger partial charge in [0.25, 0.3) is 5.91 Å². The fourth-order valence-electron chi connectivity index (χ4n) is 4.12. The number of carboxylic acids is 1. The normalized spacial score (nSPS) is 17.5. The van der Waals surface area contributed by atoms with Gasteiger partial charge in [0.2, 0.25) is 0 Å². The van der Waals surface area contributed by atoms with Crippen LogP contribution in [0.3, 0.4) is 0 Å². The summed E-state index contributed by atoms with van der Waals surface area (Å²) in [7, 11) is 0. The largest absolute Gasteiger partial charge is 0.478 e. The van der Waals surface area contributed by atoms with E-state index in [9.17, 15) is 27.9 Å². The van der Waals surface area contributed by atoms with Gasteiger partial charge in [-0.1, -0.05) is 30.2 Å². The lowest BCUT2D eigenvalue weighted by Crippen LogP contribution is -2.41. The van der Waals surface area contributed by atoms with Crippen molar-refractivity contribution in [2.75, 3.05) is 0 Å². The second-order valence-electron chi connectivity index (χ2n) is 9.97. The smallest absolute Gasteiger partial charge is 0.416 e. The molecular formula is C28H28F3N3O4. The van der Waals surface area contributed by atoms with Crippen LogP contribution in [-0.2, 0) is 24.1 Å². The van der Waals surface area contributed by atoms with Crippen LogP contribution in [0.5, 0.6) is 0 Å². The first-order valence-electron chi connectivity index (χ1n) is 12.1. The number of hydrogen-bond acceptors (Lipinski definition) is 5. The third-order valence-electron chi connectivity index (χ3n) is 6.22. The Bertz CT molecular complexity index is 1300. The number of rotatable bonds is 7. The standard InChI is InChI=1S/C28H28F3N3O4/c1-27(2,38)14-13-22-23(25(35)32-15-17-3-7-20(8-4-17)26(36)37)34(24(33-22)19-9-10-19)16-18-5-11-21(12-6-18)28(29,30)31/h3-8,11-12,19,24,33,38H,9-10,15-16H2,1-2H3,(H,32,35)(H,36,37). The van der Waals surface area contributed by atoms with Crippen LogP contribution in [0.25, 0.3) is 0 Å². The Morgan fingerprint density at radius 2 is 1.66 bits per heavy atom. The second kappa shape index (κ2) is 10.4. The molecule has 1 aliphatic heterocycles. The SMILES string of the molecule is CC(C)(O)C#CC1=C(C(=O)NCc2ccc(C(=O)O)cc2)N(Cc2ccc(C(F)(F)F)cc2)C(C2CC2)N1. The van der Waals surface area contributed by atoms with Crippen molar-refractivity contribution in [3.8, 4) is 11.8 Å². The minimum atomic E-state index is -4.45. The van der Waals surface area contributed by atoms with Gasteiger partial charge in [-0.25, -0.2) is 4.79 Å². The maximum Gasteiger partial charge on any atom is 0.416 e. The highest BCUT2D eigenvalue weighted by molar-refractivity contribution is 5.95. The Morgan fingerprint density at radius 1 is 1.05 bits per heavy atom. The molecule has 0 bridgehead atoms. The van der Waals surface area contributed by atoms with Gasteiger partial charge in [0, 0.05) is 13.1 Å². The van der Waals surface area contributed by atoms with Crippen molar-refractivity contribution in [1.29, 1.82) is 0 Å². The molecule has 0 spiro atoms. The summed E-state index contributed by atoms with van der Waals surface area (Å²) in [6.07, 6.45) is -2.87. The summed E-state index contributed by atoms with van der Waals surface area (Å²) in [5.74, 6) is 4.34. The van der Waals surface area contributed by atoms with Crippen LogP contribution in [0.2, 0.25) is 0 Å². The van der Waals surface area contributed by atoms with Crippen molar-refractivity contribution in [3.63, 3.8) is 0 Å². The highest BCUT2D eigenvalue weighted by atomic mass is 19.4. The molecule has 1 aliphatic carbocycles. The van der Waals surface area contributed by atoms with Crippen LogP contribution < -0.4 is 10.6 Å². The number of nitrogens with one attached hydrogen (secondary N) is 2. The van der Waals surface area contributed by atoms with Crippen LogP contribution in [-0.4, -0.2) is 38.8 Å². The van der Waals surface area contributed by atoms with Gasteiger partial charge in [-0.2, -0.15) is 13.2 Å². The van der Waals surface area contributed by atoms with E-state index in [0.717, 1.165) is 25.0 Å². The number of carboxylic acid groups (broad SMARTS) is 1. The van der Waals surface area contributed by atoms with Crippen molar-refractivity contribution >= 4 is 11.9 Å². The third-order valence-corrected chi connectivity index (χ3v) is 6.22. The predicted molar refractivity (Wildman–Crippen MR) is 133 cm³/mol. The summed E-state index contributed by atoms with van der Waals surface area (Å²) < 4.78 is 39.1. The highest BCUT2D eigenvalue weighted by Gasteiger charge is 2.43. The van der Waals surface area contributed by atoms with Crippen molar-refractivity contribution in [2.45, 2.75) is 57.7 Å². The number of halogens is 3. The summed E-state index contributed by atoms with van der Waals surface area (Å²) in [5.41, 5.74) is -0.0854. The van der Waals surface area contributed by atoms with Crippen molar-refractivity contribution < 1.29 is 33.0 Å². The number of carbonyl (C=O) groups is 2. The molecule has 1 atom stereocenters. The zero-order chi connectivity index (χ0) is 27.7. The van der Waals surface area contributed by atoms with E-state index in [1.165, 1.54) is 38.1 Å². The molecule has 7 nitrogen and oxygen atoms in total. The summed E-state index contributed by atoms with van der Waals surface area (Å²) in [6.45, 7) is 3.34. The van der Waals surface area contributed by atoms with E-state index in [1.54, 1.807) is 12.1 Å². The van der Waals surface area contributed by atoms with Crippen LogP contribution >= 0.6 is 0 Å². The molecule has 1 saturated carbocycles. The molecule has 2 aliphatic rings. The molecule has 4 N–H and O–H groups in total. The summed E-state index contributed by atoms with van der Waals surface area (Å²) in [5, 5.41) is 25.3. The summed E-state index contributed by atoms with van der Waals surface area (Å²) in [4.78, 5) is 26.4. The van der Waals surface area contributed by atoms with Crippen LogP contribution in [0, 0.1) is 17.8 Å². The Labute approximate surface area is 218 Å². The molecule has 10 heteroatoms. The number of allylic oxidation sites excluding steroid dienone is 1. The van der Waals surface area contributed by atoms with Gasteiger partial charge in [-0.3, -0.25) is 4.79 Å². The molecular weight excluding hydrogens is 499 g/mol. The maximum atomic E-state index is 13.5. The minimum Gasteiger partial charge on any atom is -0.478 e. The Balaban J connectivity index is 1.62. The summed E-state index contributed by atoms with van der Waals surface area (Å²) in [6, 6.07) is 10.9. The van der Waals surface area contributed by atoms with E-state index in [1.807, 2.05) is 4.90 Å². The molecule has 38 heavy (non-hydrogen) atoms. The van der Waals surface area contributed by atoms with Gasteiger partial charge in [-0.05, 0) is 73.9 Å². The summed E-state index contributed by atoms with van der Waals surface area (Å²) >= 11 is 0. The number of alkyl halides is 3. The van der Waals surface area contributed by atoms with Crippen molar-refractivity contribution in [2.24, 2.45) is 5.92 Å². The van der Waals surface area contributed by atoms with Crippen molar-refractivity contribution in [1.82, 2.24) is 15.5 Å². The average Bonchev–Trinajstić information content (AvgIpc) is 3.62. The molecule has 1 fully saturated rings. The number of aliphatic hydroxyl groups is 1. The van der Waals surface area contributed by atoms with E-state index < -0.39 is 29.2 Å². The molecule has 1 amide bonds. The molecule has 1 unspecified atom stereocenters. The van der Waals surface area contributed by atoms with Gasteiger partial charge in [-0.15, -0.1) is 0 Å². The van der Waals surface area contributed by atoms with Crippen LogP contribution in [0.4, 0.5) is 13.2 Å². The molecule has 2 aromatic carbocycles. The van der Waals surface area contributed by atoms with Gasteiger partial charge in [0.05, 0.1) is 11.1 Å².